The van der Waals surface area contributed by atoms with Gasteiger partial charge in [0.1, 0.15) is 0 Å². The predicted octanol–water partition coefficient (Wildman–Crippen LogP) is 4.69. The Balaban J connectivity index is 2.13. The highest BCUT2D eigenvalue weighted by atomic mass is 32.2. The SMILES string of the molecule is O=C(O)c1ccc(Sc2ccccc2)c2ccccc12. The highest BCUT2D eigenvalue weighted by molar-refractivity contribution is 7.99. The van der Waals surface area contributed by atoms with E-state index in [-0.39, 0.29) is 0 Å². The topological polar surface area (TPSA) is 37.3 Å². The van der Waals surface area contributed by atoms with E-state index in [0.717, 1.165) is 20.6 Å². The van der Waals surface area contributed by atoms with E-state index in [9.17, 15) is 9.90 Å². The first-order valence-corrected chi connectivity index (χ1v) is 7.05. The van der Waals surface area contributed by atoms with E-state index in [1.807, 2.05) is 60.7 Å². The molecule has 2 nitrogen and oxygen atoms in total. The molecule has 0 heterocycles. The summed E-state index contributed by atoms with van der Waals surface area (Å²) in [7, 11) is 0. The molecule has 0 aliphatic carbocycles. The van der Waals surface area contributed by atoms with Gasteiger partial charge in [0.05, 0.1) is 5.56 Å². The van der Waals surface area contributed by atoms with Crippen LogP contribution >= 0.6 is 11.8 Å². The molecular weight excluding hydrogens is 268 g/mol. The Bertz CT molecular complexity index is 766. The van der Waals surface area contributed by atoms with Crippen LogP contribution < -0.4 is 0 Å². The third-order valence-corrected chi connectivity index (χ3v) is 4.17. The van der Waals surface area contributed by atoms with Crippen molar-refractivity contribution in [3.8, 4) is 0 Å². The number of carboxylic acids is 1. The minimum absolute atomic E-state index is 0.345. The van der Waals surface area contributed by atoms with E-state index >= 15 is 0 Å². The van der Waals surface area contributed by atoms with Gasteiger partial charge >= 0.3 is 5.97 Å². The summed E-state index contributed by atoms with van der Waals surface area (Å²) in [5.41, 5.74) is 0.345. The van der Waals surface area contributed by atoms with E-state index in [2.05, 4.69) is 0 Å². The van der Waals surface area contributed by atoms with Gasteiger partial charge in [-0.1, -0.05) is 54.2 Å². The summed E-state index contributed by atoms with van der Waals surface area (Å²) in [4.78, 5) is 13.5. The third-order valence-electron chi connectivity index (χ3n) is 3.09. The van der Waals surface area contributed by atoms with Crippen LogP contribution in [0.4, 0.5) is 0 Å². The van der Waals surface area contributed by atoms with Crippen LogP contribution in [0.1, 0.15) is 10.4 Å². The zero-order chi connectivity index (χ0) is 13.9. The maximum absolute atomic E-state index is 11.3. The summed E-state index contributed by atoms with van der Waals surface area (Å²) in [6, 6.07) is 21.2. The number of carboxylic acid groups (broad SMARTS) is 1. The monoisotopic (exact) mass is 280 g/mol. The largest absolute Gasteiger partial charge is 0.478 e. The number of fused-ring (bicyclic) bond motifs is 1. The summed E-state index contributed by atoms with van der Waals surface area (Å²) in [5, 5.41) is 11.0. The Morgan fingerprint density at radius 2 is 1.45 bits per heavy atom. The van der Waals surface area contributed by atoms with Gasteiger partial charge in [0.25, 0.3) is 0 Å². The Morgan fingerprint density at radius 1 is 0.800 bits per heavy atom. The fourth-order valence-electron chi connectivity index (χ4n) is 2.16. The van der Waals surface area contributed by atoms with Gasteiger partial charge in [-0.15, -0.1) is 0 Å². The molecule has 3 aromatic carbocycles. The summed E-state index contributed by atoms with van der Waals surface area (Å²) in [6.45, 7) is 0. The van der Waals surface area contributed by atoms with Crippen molar-refractivity contribution in [1.82, 2.24) is 0 Å². The number of hydrogen-bond acceptors (Lipinski definition) is 2. The van der Waals surface area contributed by atoms with Crippen molar-refractivity contribution in [2.75, 3.05) is 0 Å². The second-order valence-corrected chi connectivity index (χ2v) is 5.49. The minimum Gasteiger partial charge on any atom is -0.478 e. The molecule has 98 valence electrons. The number of benzene rings is 3. The first-order valence-electron chi connectivity index (χ1n) is 6.23. The molecule has 1 N–H and O–H groups in total. The van der Waals surface area contributed by atoms with Crippen molar-refractivity contribution in [3.05, 3.63) is 72.3 Å². The number of carbonyl (C=O) groups is 1. The van der Waals surface area contributed by atoms with Crippen molar-refractivity contribution >= 4 is 28.5 Å². The van der Waals surface area contributed by atoms with E-state index in [0.29, 0.717) is 5.56 Å². The molecule has 0 radical (unpaired) electrons. The molecule has 0 amide bonds. The second-order valence-electron chi connectivity index (χ2n) is 4.38. The van der Waals surface area contributed by atoms with Gasteiger partial charge in [0, 0.05) is 9.79 Å². The van der Waals surface area contributed by atoms with E-state index in [1.54, 1.807) is 17.8 Å². The lowest BCUT2D eigenvalue weighted by Gasteiger charge is -2.08. The van der Waals surface area contributed by atoms with Crippen molar-refractivity contribution in [2.45, 2.75) is 9.79 Å². The van der Waals surface area contributed by atoms with Crippen molar-refractivity contribution in [1.29, 1.82) is 0 Å². The molecular formula is C17H12O2S. The second kappa shape index (κ2) is 5.39. The van der Waals surface area contributed by atoms with E-state index < -0.39 is 5.97 Å². The van der Waals surface area contributed by atoms with Crippen molar-refractivity contribution in [2.24, 2.45) is 0 Å². The minimum atomic E-state index is -0.891. The van der Waals surface area contributed by atoms with Crippen molar-refractivity contribution in [3.63, 3.8) is 0 Å². The average Bonchev–Trinajstić information content (AvgIpc) is 2.48. The summed E-state index contributed by atoms with van der Waals surface area (Å²) in [6.07, 6.45) is 0. The van der Waals surface area contributed by atoms with Gasteiger partial charge in [-0.05, 0) is 35.0 Å². The van der Waals surface area contributed by atoms with E-state index in [1.165, 1.54) is 0 Å². The van der Waals surface area contributed by atoms with Gasteiger partial charge in [0.15, 0.2) is 0 Å². The Morgan fingerprint density at radius 3 is 2.15 bits per heavy atom. The lowest BCUT2D eigenvalue weighted by molar-refractivity contribution is 0.0699. The van der Waals surface area contributed by atoms with Crippen LogP contribution in [0.25, 0.3) is 10.8 Å². The molecule has 3 rings (SSSR count). The van der Waals surface area contributed by atoms with Gasteiger partial charge in [-0.25, -0.2) is 4.79 Å². The molecule has 0 aromatic heterocycles. The maximum Gasteiger partial charge on any atom is 0.336 e. The normalized spacial score (nSPS) is 10.6. The zero-order valence-corrected chi connectivity index (χ0v) is 11.4. The molecule has 20 heavy (non-hydrogen) atoms. The van der Waals surface area contributed by atoms with Gasteiger partial charge in [-0.3, -0.25) is 0 Å². The fraction of sp³-hybridized carbons (Fsp3) is 0. The molecule has 0 aliphatic rings. The number of hydrogen-bond donors (Lipinski definition) is 1. The average molecular weight is 280 g/mol. The fourth-order valence-corrected chi connectivity index (χ4v) is 3.13. The molecule has 0 saturated carbocycles. The molecule has 0 atom stereocenters. The Kier molecular flexibility index (Phi) is 3.44. The molecule has 3 heteroatoms. The quantitative estimate of drug-likeness (QED) is 0.756. The highest BCUT2D eigenvalue weighted by Gasteiger charge is 2.11. The van der Waals surface area contributed by atoms with Gasteiger partial charge < -0.3 is 5.11 Å². The zero-order valence-electron chi connectivity index (χ0n) is 10.6. The standard InChI is InChI=1S/C17H12O2S/c18-17(19)15-10-11-16(14-9-5-4-8-13(14)15)20-12-6-2-1-3-7-12/h1-11H,(H,18,19). The lowest BCUT2D eigenvalue weighted by Crippen LogP contribution is -1.97. The summed E-state index contributed by atoms with van der Waals surface area (Å²) >= 11 is 1.64. The van der Waals surface area contributed by atoms with Gasteiger partial charge in [-0.2, -0.15) is 0 Å². The van der Waals surface area contributed by atoms with Crippen LogP contribution in [-0.4, -0.2) is 11.1 Å². The molecule has 0 bridgehead atoms. The first-order chi connectivity index (χ1) is 9.75. The number of rotatable bonds is 3. The van der Waals surface area contributed by atoms with Crippen LogP contribution in [0.3, 0.4) is 0 Å². The smallest absolute Gasteiger partial charge is 0.336 e. The Hall–Kier alpha value is -2.26. The summed E-state index contributed by atoms with van der Waals surface area (Å²) < 4.78 is 0. The lowest BCUT2D eigenvalue weighted by atomic mass is 10.0. The molecule has 0 fully saturated rings. The molecule has 0 spiro atoms. The molecule has 3 aromatic rings. The van der Waals surface area contributed by atoms with Crippen LogP contribution in [0.15, 0.2) is 76.5 Å². The maximum atomic E-state index is 11.3. The van der Waals surface area contributed by atoms with Crippen LogP contribution in [0.2, 0.25) is 0 Å². The summed E-state index contributed by atoms with van der Waals surface area (Å²) in [5.74, 6) is -0.891. The van der Waals surface area contributed by atoms with Crippen LogP contribution in [0.5, 0.6) is 0 Å². The van der Waals surface area contributed by atoms with Crippen LogP contribution in [-0.2, 0) is 0 Å². The number of aromatic carboxylic acids is 1. The Labute approximate surface area is 121 Å². The van der Waals surface area contributed by atoms with E-state index in [4.69, 9.17) is 0 Å². The first kappa shape index (κ1) is 12.8. The highest BCUT2D eigenvalue weighted by Crippen LogP contribution is 2.34. The molecule has 0 aliphatic heterocycles. The van der Waals surface area contributed by atoms with Crippen LogP contribution in [0, 0.1) is 0 Å². The predicted molar refractivity (Wildman–Crippen MR) is 81.5 cm³/mol. The van der Waals surface area contributed by atoms with Gasteiger partial charge in [0.2, 0.25) is 0 Å². The molecule has 0 unspecified atom stereocenters. The van der Waals surface area contributed by atoms with Crippen molar-refractivity contribution < 1.29 is 9.90 Å². The third kappa shape index (κ3) is 2.40. The molecule has 0 saturated heterocycles.